The zero-order valence-corrected chi connectivity index (χ0v) is 15.4. The summed E-state index contributed by atoms with van der Waals surface area (Å²) in [6.45, 7) is 11.0. The third kappa shape index (κ3) is 2.53. The summed E-state index contributed by atoms with van der Waals surface area (Å²) in [5.41, 5.74) is 0.315. The maximum absolute atomic E-state index is 12.3. The smallest absolute Gasteiger partial charge is 0.303 e. The lowest BCUT2D eigenvalue weighted by molar-refractivity contribution is -0.196. The summed E-state index contributed by atoms with van der Waals surface area (Å²) in [6.07, 6.45) is 3.01. The van der Waals surface area contributed by atoms with Crippen molar-refractivity contribution in [2.24, 2.45) is 17.8 Å². The predicted molar refractivity (Wildman–Crippen MR) is 88.1 cm³/mol. The van der Waals surface area contributed by atoms with E-state index in [1.165, 1.54) is 6.92 Å². The van der Waals surface area contributed by atoms with E-state index in [0.717, 1.165) is 18.4 Å². The molecule has 2 fully saturated rings. The van der Waals surface area contributed by atoms with Crippen LogP contribution in [0.1, 0.15) is 54.4 Å². The lowest BCUT2D eigenvalue weighted by Crippen LogP contribution is -2.63. The fraction of sp³-hybridized carbons (Fsp3) is 0.789. The predicted octanol–water partition coefficient (Wildman–Crippen LogP) is 3.02. The van der Waals surface area contributed by atoms with Crippen molar-refractivity contribution >= 4 is 11.8 Å². The fourth-order valence-electron chi connectivity index (χ4n) is 4.97. The first-order valence-corrected chi connectivity index (χ1v) is 8.82. The molecule has 0 aromatic rings. The molecule has 3 aliphatic rings. The molecule has 0 bridgehead atoms. The Kier molecular flexibility index (Phi) is 4.16. The number of ether oxygens (including phenoxy) is 3. The highest BCUT2D eigenvalue weighted by molar-refractivity contribution is 5.79. The summed E-state index contributed by atoms with van der Waals surface area (Å²) >= 11 is 0. The van der Waals surface area contributed by atoms with Crippen LogP contribution in [0.5, 0.6) is 0 Å². The molecule has 5 nitrogen and oxygen atoms in total. The van der Waals surface area contributed by atoms with E-state index < -0.39 is 17.5 Å². The molecule has 0 aromatic heterocycles. The van der Waals surface area contributed by atoms with Crippen LogP contribution in [0.3, 0.4) is 0 Å². The van der Waals surface area contributed by atoms with Crippen molar-refractivity contribution in [3.63, 3.8) is 0 Å². The van der Waals surface area contributed by atoms with Crippen molar-refractivity contribution in [1.29, 1.82) is 0 Å². The average Bonchev–Trinajstić information content (AvgIpc) is 2.73. The molecule has 2 aliphatic carbocycles. The standard InChI is InChI=1S/C19H28O5/c1-10-9-15-14(12(3)20)8-7-11(2)19(15)17(16(10)22-13(4)21)23-18(5,6)24-19/h9,11,14-17H,7-8H2,1-6H3/t11-,14-,15+,16-,17+,19+/m1/s1. The first-order chi connectivity index (χ1) is 11.1. The van der Waals surface area contributed by atoms with E-state index in [0.29, 0.717) is 0 Å². The lowest BCUT2D eigenvalue weighted by atomic mass is 9.57. The zero-order valence-electron chi connectivity index (χ0n) is 15.4. The van der Waals surface area contributed by atoms with E-state index in [1.807, 2.05) is 20.8 Å². The SMILES string of the molecule is CC(=O)O[C@@H]1C(C)=C[C@H]2[C@@H](C(C)=O)CC[C@@H](C)[C@]23OC(C)(C)O[C@@H]13. The Bertz CT molecular complexity index is 593. The van der Waals surface area contributed by atoms with Gasteiger partial charge in [0.25, 0.3) is 0 Å². The van der Waals surface area contributed by atoms with Crippen LogP contribution < -0.4 is 0 Å². The van der Waals surface area contributed by atoms with Crippen molar-refractivity contribution in [2.45, 2.75) is 78.0 Å². The normalized spacial score (nSPS) is 43.4. The first-order valence-electron chi connectivity index (χ1n) is 8.82. The summed E-state index contributed by atoms with van der Waals surface area (Å²) in [5, 5.41) is 0. The Balaban J connectivity index is 2.13. The molecule has 0 unspecified atom stereocenters. The molecule has 0 amide bonds. The largest absolute Gasteiger partial charge is 0.455 e. The molecule has 134 valence electrons. The third-order valence-corrected chi connectivity index (χ3v) is 5.89. The van der Waals surface area contributed by atoms with Crippen LogP contribution >= 0.6 is 0 Å². The topological polar surface area (TPSA) is 61.8 Å². The number of esters is 1. The maximum atomic E-state index is 12.3. The highest BCUT2D eigenvalue weighted by atomic mass is 16.8. The summed E-state index contributed by atoms with van der Waals surface area (Å²) in [5.74, 6) is -0.819. The minimum absolute atomic E-state index is 0.0441. The Morgan fingerprint density at radius 3 is 2.50 bits per heavy atom. The van der Waals surface area contributed by atoms with Gasteiger partial charge in [0.15, 0.2) is 11.9 Å². The van der Waals surface area contributed by atoms with Crippen LogP contribution in [0.25, 0.3) is 0 Å². The van der Waals surface area contributed by atoms with Crippen LogP contribution in [0.4, 0.5) is 0 Å². The number of carbonyl (C=O) groups is 2. The number of hydrogen-bond donors (Lipinski definition) is 0. The Labute approximate surface area is 143 Å². The number of rotatable bonds is 2. The highest BCUT2D eigenvalue weighted by Gasteiger charge is 2.67. The zero-order chi connectivity index (χ0) is 17.9. The molecule has 0 N–H and O–H groups in total. The van der Waals surface area contributed by atoms with Crippen molar-refractivity contribution in [2.75, 3.05) is 0 Å². The van der Waals surface area contributed by atoms with Crippen LogP contribution in [0.2, 0.25) is 0 Å². The molecule has 24 heavy (non-hydrogen) atoms. The van der Waals surface area contributed by atoms with E-state index in [1.54, 1.807) is 6.92 Å². The van der Waals surface area contributed by atoms with Gasteiger partial charge in [0.05, 0.1) is 0 Å². The minimum Gasteiger partial charge on any atom is -0.455 e. The van der Waals surface area contributed by atoms with E-state index in [-0.39, 0.29) is 35.6 Å². The van der Waals surface area contributed by atoms with Crippen LogP contribution in [0, 0.1) is 17.8 Å². The van der Waals surface area contributed by atoms with Gasteiger partial charge in [-0.25, -0.2) is 0 Å². The average molecular weight is 336 g/mol. The number of carbonyl (C=O) groups excluding carboxylic acids is 2. The third-order valence-electron chi connectivity index (χ3n) is 5.89. The highest BCUT2D eigenvalue weighted by Crippen LogP contribution is 2.57. The molecular formula is C19H28O5. The van der Waals surface area contributed by atoms with Crippen molar-refractivity contribution in [3.05, 3.63) is 11.6 Å². The summed E-state index contributed by atoms with van der Waals surface area (Å²) < 4.78 is 18.3. The maximum Gasteiger partial charge on any atom is 0.303 e. The summed E-state index contributed by atoms with van der Waals surface area (Å²) in [4.78, 5) is 23.9. The van der Waals surface area contributed by atoms with E-state index in [4.69, 9.17) is 14.2 Å². The number of Topliss-reactive ketones (excluding diaryl/α,β-unsaturated/α-hetero) is 1. The van der Waals surface area contributed by atoms with Gasteiger partial charge in [-0.2, -0.15) is 0 Å². The van der Waals surface area contributed by atoms with Crippen molar-refractivity contribution < 1.29 is 23.8 Å². The van der Waals surface area contributed by atoms with Gasteiger partial charge in [0.1, 0.15) is 17.5 Å². The van der Waals surface area contributed by atoms with Gasteiger partial charge in [-0.15, -0.1) is 0 Å². The molecule has 1 aliphatic heterocycles. The summed E-state index contributed by atoms with van der Waals surface area (Å²) in [7, 11) is 0. The van der Waals surface area contributed by atoms with Crippen molar-refractivity contribution in [3.8, 4) is 0 Å². The summed E-state index contributed by atoms with van der Waals surface area (Å²) in [6, 6.07) is 0. The van der Waals surface area contributed by atoms with E-state index >= 15 is 0 Å². The fourth-order valence-corrected chi connectivity index (χ4v) is 4.97. The van der Waals surface area contributed by atoms with Gasteiger partial charge in [0.2, 0.25) is 0 Å². The van der Waals surface area contributed by atoms with Gasteiger partial charge in [-0.1, -0.05) is 13.0 Å². The van der Waals surface area contributed by atoms with Gasteiger partial charge in [0, 0.05) is 18.8 Å². The first kappa shape index (κ1) is 17.6. The molecule has 6 atom stereocenters. The van der Waals surface area contributed by atoms with E-state index in [9.17, 15) is 9.59 Å². The second kappa shape index (κ2) is 5.67. The van der Waals surface area contributed by atoms with Gasteiger partial charge in [-0.05, 0) is 52.0 Å². The second-order valence-electron chi connectivity index (χ2n) is 8.06. The van der Waals surface area contributed by atoms with Crippen LogP contribution in [-0.4, -0.2) is 35.3 Å². The molecule has 1 spiro atoms. The Hall–Kier alpha value is -1.20. The van der Waals surface area contributed by atoms with Gasteiger partial charge in [-0.3, -0.25) is 9.59 Å². The van der Waals surface area contributed by atoms with Crippen LogP contribution in [0.15, 0.2) is 11.6 Å². The molecular weight excluding hydrogens is 308 g/mol. The second-order valence-corrected chi connectivity index (χ2v) is 8.06. The molecule has 1 saturated heterocycles. The van der Waals surface area contributed by atoms with Gasteiger partial charge >= 0.3 is 5.97 Å². The van der Waals surface area contributed by atoms with Crippen molar-refractivity contribution in [1.82, 2.24) is 0 Å². The van der Waals surface area contributed by atoms with Gasteiger partial charge < -0.3 is 14.2 Å². The molecule has 0 aromatic carbocycles. The quantitative estimate of drug-likeness (QED) is 0.573. The van der Waals surface area contributed by atoms with Crippen LogP contribution in [-0.2, 0) is 23.8 Å². The molecule has 0 radical (unpaired) electrons. The minimum atomic E-state index is -0.771. The number of ketones is 1. The lowest BCUT2D eigenvalue weighted by Gasteiger charge is -2.53. The Morgan fingerprint density at radius 1 is 1.25 bits per heavy atom. The van der Waals surface area contributed by atoms with E-state index in [2.05, 4.69) is 13.0 Å². The Morgan fingerprint density at radius 2 is 1.92 bits per heavy atom. The molecule has 1 saturated carbocycles. The monoisotopic (exact) mass is 336 g/mol. The molecule has 5 heteroatoms. The molecule has 1 heterocycles. The molecule has 3 rings (SSSR count). The number of hydrogen-bond acceptors (Lipinski definition) is 5.